The molecule has 0 fully saturated rings. The third-order valence-corrected chi connectivity index (χ3v) is 4.21. The fourth-order valence-electron chi connectivity index (χ4n) is 2.49. The Hall–Kier alpha value is -2.53. The summed E-state index contributed by atoms with van der Waals surface area (Å²) in [5, 5.41) is 12.8. The van der Waals surface area contributed by atoms with Gasteiger partial charge in [-0.15, -0.1) is 0 Å². The first-order valence-corrected chi connectivity index (χ1v) is 8.20. The lowest BCUT2D eigenvalue weighted by atomic mass is 10.1. The molecule has 0 bridgehead atoms. The highest BCUT2D eigenvalue weighted by molar-refractivity contribution is 5.77. The first-order valence-electron chi connectivity index (χ1n) is 8.20. The van der Waals surface area contributed by atoms with Gasteiger partial charge in [0.05, 0.1) is 13.2 Å². The van der Waals surface area contributed by atoms with Gasteiger partial charge in [-0.1, -0.05) is 24.3 Å². The predicted octanol–water partition coefficient (Wildman–Crippen LogP) is 2.85. The zero-order valence-corrected chi connectivity index (χ0v) is 15.1. The summed E-state index contributed by atoms with van der Waals surface area (Å²) in [4.78, 5) is 12.0. The standard InChI is InChI=1S/C20H25NO4/c1-13-5-6-14(2)20(15(13)3)25-12-19(23)21-11-18(22)16-7-9-17(24-4)10-8-16/h5-10,18,22H,11-12H2,1-4H3,(H,21,23). The van der Waals surface area contributed by atoms with Gasteiger partial charge in [-0.3, -0.25) is 4.79 Å². The number of carbonyl (C=O) groups excluding carboxylic acids is 1. The molecule has 0 aliphatic carbocycles. The summed E-state index contributed by atoms with van der Waals surface area (Å²) in [6.45, 7) is 5.98. The molecule has 0 saturated carbocycles. The molecule has 1 amide bonds. The lowest BCUT2D eigenvalue weighted by Crippen LogP contribution is -2.32. The zero-order valence-electron chi connectivity index (χ0n) is 15.1. The number of aliphatic hydroxyl groups excluding tert-OH is 1. The van der Waals surface area contributed by atoms with Crippen LogP contribution in [0.5, 0.6) is 11.5 Å². The van der Waals surface area contributed by atoms with E-state index in [0.717, 1.165) is 28.2 Å². The lowest BCUT2D eigenvalue weighted by Gasteiger charge is -2.15. The molecule has 2 N–H and O–H groups in total. The van der Waals surface area contributed by atoms with Crippen LogP contribution in [-0.4, -0.2) is 31.3 Å². The normalized spacial score (nSPS) is 11.7. The SMILES string of the molecule is COc1ccc(C(O)CNC(=O)COc2c(C)ccc(C)c2C)cc1. The number of aliphatic hydroxyl groups is 1. The van der Waals surface area contributed by atoms with Crippen LogP contribution in [0.1, 0.15) is 28.4 Å². The first kappa shape index (κ1) is 18.8. The molecule has 0 aliphatic heterocycles. The van der Waals surface area contributed by atoms with Crippen LogP contribution >= 0.6 is 0 Å². The molecule has 5 heteroatoms. The molecule has 0 aliphatic rings. The van der Waals surface area contributed by atoms with Crippen molar-refractivity contribution in [1.82, 2.24) is 5.32 Å². The number of benzene rings is 2. The van der Waals surface area contributed by atoms with E-state index in [9.17, 15) is 9.90 Å². The second-order valence-corrected chi connectivity index (χ2v) is 6.04. The molecule has 0 saturated heterocycles. The maximum absolute atomic E-state index is 12.0. The van der Waals surface area contributed by atoms with Gasteiger partial charge in [-0.2, -0.15) is 0 Å². The molecule has 1 unspecified atom stereocenters. The highest BCUT2D eigenvalue weighted by Gasteiger charge is 2.12. The summed E-state index contributed by atoms with van der Waals surface area (Å²) in [7, 11) is 1.59. The fraction of sp³-hybridized carbons (Fsp3) is 0.350. The number of ether oxygens (including phenoxy) is 2. The minimum Gasteiger partial charge on any atom is -0.497 e. The smallest absolute Gasteiger partial charge is 0.258 e. The van der Waals surface area contributed by atoms with Gasteiger partial charge in [-0.05, 0) is 55.2 Å². The van der Waals surface area contributed by atoms with Crippen molar-refractivity contribution in [2.75, 3.05) is 20.3 Å². The van der Waals surface area contributed by atoms with Gasteiger partial charge in [0.15, 0.2) is 6.61 Å². The molecule has 0 heterocycles. The van der Waals surface area contributed by atoms with Gasteiger partial charge >= 0.3 is 0 Å². The Labute approximate surface area is 148 Å². The molecule has 2 rings (SSSR count). The molecule has 5 nitrogen and oxygen atoms in total. The second-order valence-electron chi connectivity index (χ2n) is 6.04. The topological polar surface area (TPSA) is 67.8 Å². The van der Waals surface area contributed by atoms with Crippen LogP contribution < -0.4 is 14.8 Å². The van der Waals surface area contributed by atoms with Gasteiger partial charge in [0.2, 0.25) is 0 Å². The number of aryl methyl sites for hydroxylation is 2. The molecule has 0 spiro atoms. The lowest BCUT2D eigenvalue weighted by molar-refractivity contribution is -0.123. The largest absolute Gasteiger partial charge is 0.497 e. The van der Waals surface area contributed by atoms with Gasteiger partial charge in [0, 0.05) is 6.54 Å². The third-order valence-electron chi connectivity index (χ3n) is 4.21. The van der Waals surface area contributed by atoms with Crippen molar-refractivity contribution >= 4 is 5.91 Å². The molecule has 25 heavy (non-hydrogen) atoms. The quantitative estimate of drug-likeness (QED) is 0.811. The van der Waals surface area contributed by atoms with Crippen LogP contribution in [0.2, 0.25) is 0 Å². The number of rotatable bonds is 7. The third kappa shape index (κ3) is 4.97. The first-order chi connectivity index (χ1) is 11.9. The van der Waals surface area contributed by atoms with E-state index in [1.807, 2.05) is 32.9 Å². The van der Waals surface area contributed by atoms with E-state index in [4.69, 9.17) is 9.47 Å². The molecule has 2 aromatic carbocycles. The summed E-state index contributed by atoms with van der Waals surface area (Å²) in [5.74, 6) is 1.19. The Morgan fingerprint density at radius 1 is 1.08 bits per heavy atom. The van der Waals surface area contributed by atoms with Crippen LogP contribution in [-0.2, 0) is 4.79 Å². The molecule has 2 aromatic rings. The van der Waals surface area contributed by atoms with Gasteiger partial charge < -0.3 is 19.9 Å². The summed E-state index contributed by atoms with van der Waals surface area (Å²) < 4.78 is 10.7. The van der Waals surface area contributed by atoms with Crippen LogP contribution in [0.3, 0.4) is 0 Å². The van der Waals surface area contributed by atoms with E-state index in [2.05, 4.69) is 5.32 Å². The fourth-order valence-corrected chi connectivity index (χ4v) is 2.49. The van der Waals surface area contributed by atoms with Crippen molar-refractivity contribution < 1.29 is 19.4 Å². The van der Waals surface area contributed by atoms with Gasteiger partial charge in [0.1, 0.15) is 11.5 Å². The predicted molar refractivity (Wildman–Crippen MR) is 97.1 cm³/mol. The average molecular weight is 343 g/mol. The molecule has 134 valence electrons. The van der Waals surface area contributed by atoms with E-state index in [-0.39, 0.29) is 19.1 Å². The minimum atomic E-state index is -0.780. The Morgan fingerprint density at radius 3 is 2.36 bits per heavy atom. The second kappa shape index (κ2) is 8.53. The van der Waals surface area contributed by atoms with Crippen molar-refractivity contribution in [3.8, 4) is 11.5 Å². The number of hydrogen-bond acceptors (Lipinski definition) is 4. The van der Waals surface area contributed by atoms with Crippen molar-refractivity contribution in [2.45, 2.75) is 26.9 Å². The monoisotopic (exact) mass is 343 g/mol. The zero-order chi connectivity index (χ0) is 18.4. The Balaban J connectivity index is 1.85. The van der Waals surface area contributed by atoms with Crippen molar-refractivity contribution in [3.63, 3.8) is 0 Å². The van der Waals surface area contributed by atoms with Crippen molar-refractivity contribution in [1.29, 1.82) is 0 Å². The number of methoxy groups -OCH3 is 1. The Kier molecular flexibility index (Phi) is 6.42. The number of hydrogen-bond donors (Lipinski definition) is 2. The highest BCUT2D eigenvalue weighted by atomic mass is 16.5. The van der Waals surface area contributed by atoms with Gasteiger partial charge in [-0.25, -0.2) is 0 Å². The Bertz CT molecular complexity index is 725. The maximum atomic E-state index is 12.0. The van der Waals surface area contributed by atoms with Crippen LogP contribution in [0.15, 0.2) is 36.4 Å². The van der Waals surface area contributed by atoms with Crippen molar-refractivity contribution in [2.24, 2.45) is 0 Å². The maximum Gasteiger partial charge on any atom is 0.258 e. The van der Waals surface area contributed by atoms with Crippen LogP contribution in [0.25, 0.3) is 0 Å². The molecular weight excluding hydrogens is 318 g/mol. The molecule has 1 atom stereocenters. The van der Waals surface area contributed by atoms with E-state index in [1.165, 1.54) is 0 Å². The van der Waals surface area contributed by atoms with Crippen molar-refractivity contribution in [3.05, 3.63) is 58.7 Å². The van der Waals surface area contributed by atoms with E-state index < -0.39 is 6.10 Å². The summed E-state index contributed by atoms with van der Waals surface area (Å²) in [5.41, 5.74) is 3.86. The summed E-state index contributed by atoms with van der Waals surface area (Å²) in [6.07, 6.45) is -0.780. The number of carbonyl (C=O) groups is 1. The molecule has 0 radical (unpaired) electrons. The van der Waals surface area contributed by atoms with E-state index in [0.29, 0.717) is 5.56 Å². The van der Waals surface area contributed by atoms with Crippen LogP contribution in [0.4, 0.5) is 0 Å². The Morgan fingerprint density at radius 2 is 1.72 bits per heavy atom. The summed E-state index contributed by atoms with van der Waals surface area (Å²) >= 11 is 0. The molecule has 0 aromatic heterocycles. The summed E-state index contributed by atoms with van der Waals surface area (Å²) in [6, 6.07) is 11.1. The van der Waals surface area contributed by atoms with E-state index >= 15 is 0 Å². The number of amides is 1. The highest BCUT2D eigenvalue weighted by Crippen LogP contribution is 2.25. The van der Waals surface area contributed by atoms with E-state index in [1.54, 1.807) is 31.4 Å². The average Bonchev–Trinajstić information content (AvgIpc) is 2.63. The van der Waals surface area contributed by atoms with Crippen LogP contribution in [0, 0.1) is 20.8 Å². The van der Waals surface area contributed by atoms with Gasteiger partial charge in [0.25, 0.3) is 5.91 Å². The number of nitrogens with one attached hydrogen (secondary N) is 1. The minimum absolute atomic E-state index is 0.0829. The molecular formula is C20H25NO4.